The van der Waals surface area contributed by atoms with Gasteiger partial charge in [0.25, 0.3) is 0 Å². The van der Waals surface area contributed by atoms with Crippen molar-refractivity contribution in [2.75, 3.05) is 4.90 Å². The van der Waals surface area contributed by atoms with Crippen LogP contribution in [0.15, 0.2) is 249 Å². The Balaban J connectivity index is 1.12. The molecule has 11 aromatic rings. The van der Waals surface area contributed by atoms with Crippen molar-refractivity contribution in [3.63, 3.8) is 0 Å². The SMILES string of the molecule is c1ccc(-c2cc(-c3cc4ccccc4c4ccccc34)cc(-c3ccccc3)c2-c2cccc(N(c3ccccc3)c3ccc(-c4cccc5ccccc45)cc3)c2)cc1. The third kappa shape index (κ3) is 6.73. The van der Waals surface area contributed by atoms with Crippen LogP contribution in [0.2, 0.25) is 0 Å². The summed E-state index contributed by atoms with van der Waals surface area (Å²) in [5.41, 5.74) is 15.2. The fourth-order valence-corrected chi connectivity index (χ4v) is 9.18. The Labute approximate surface area is 357 Å². The summed E-state index contributed by atoms with van der Waals surface area (Å²) >= 11 is 0. The second kappa shape index (κ2) is 15.6. The Morgan fingerprint density at radius 2 is 0.689 bits per heavy atom. The summed E-state index contributed by atoms with van der Waals surface area (Å²) in [6.07, 6.45) is 0. The van der Waals surface area contributed by atoms with Gasteiger partial charge in [-0.3, -0.25) is 0 Å². The zero-order valence-electron chi connectivity index (χ0n) is 33.6. The lowest BCUT2D eigenvalue weighted by molar-refractivity contribution is 1.28. The number of rotatable bonds is 8. The van der Waals surface area contributed by atoms with Gasteiger partial charge in [-0.25, -0.2) is 0 Å². The molecule has 61 heavy (non-hydrogen) atoms. The van der Waals surface area contributed by atoms with E-state index in [0.29, 0.717) is 0 Å². The normalized spacial score (nSPS) is 11.3. The quantitative estimate of drug-likeness (QED) is 0.139. The van der Waals surface area contributed by atoms with Crippen LogP contribution in [0.3, 0.4) is 0 Å². The molecule has 0 saturated heterocycles. The van der Waals surface area contributed by atoms with Crippen LogP contribution in [0.4, 0.5) is 17.1 Å². The van der Waals surface area contributed by atoms with Crippen LogP contribution in [-0.4, -0.2) is 0 Å². The Hall–Kier alpha value is -8.00. The van der Waals surface area contributed by atoms with E-state index in [0.717, 1.165) is 22.6 Å². The molecule has 0 aliphatic heterocycles. The Kier molecular flexibility index (Phi) is 9.26. The molecule has 0 N–H and O–H groups in total. The topological polar surface area (TPSA) is 3.24 Å². The summed E-state index contributed by atoms with van der Waals surface area (Å²) in [7, 11) is 0. The van der Waals surface area contributed by atoms with Gasteiger partial charge in [0.2, 0.25) is 0 Å². The van der Waals surface area contributed by atoms with E-state index in [9.17, 15) is 0 Å². The fourth-order valence-electron chi connectivity index (χ4n) is 9.18. The van der Waals surface area contributed by atoms with Gasteiger partial charge in [0, 0.05) is 17.1 Å². The van der Waals surface area contributed by atoms with E-state index in [4.69, 9.17) is 0 Å². The summed E-state index contributed by atoms with van der Waals surface area (Å²) < 4.78 is 0. The Morgan fingerprint density at radius 3 is 1.38 bits per heavy atom. The zero-order chi connectivity index (χ0) is 40.5. The van der Waals surface area contributed by atoms with E-state index in [1.165, 1.54) is 82.4 Å². The molecule has 11 aromatic carbocycles. The lowest BCUT2D eigenvalue weighted by Crippen LogP contribution is -2.10. The van der Waals surface area contributed by atoms with Crippen LogP contribution in [0.5, 0.6) is 0 Å². The van der Waals surface area contributed by atoms with Crippen LogP contribution in [0.25, 0.3) is 88.0 Å². The molecule has 286 valence electrons. The van der Waals surface area contributed by atoms with Gasteiger partial charge in [0.15, 0.2) is 0 Å². The largest absolute Gasteiger partial charge is 0.310 e. The van der Waals surface area contributed by atoms with Crippen LogP contribution in [-0.2, 0) is 0 Å². The highest BCUT2D eigenvalue weighted by Gasteiger charge is 2.21. The molecule has 0 saturated carbocycles. The minimum absolute atomic E-state index is 1.09. The zero-order valence-corrected chi connectivity index (χ0v) is 33.6. The van der Waals surface area contributed by atoms with Crippen molar-refractivity contribution < 1.29 is 0 Å². The van der Waals surface area contributed by atoms with Gasteiger partial charge in [-0.15, -0.1) is 0 Å². The molecule has 0 unspecified atom stereocenters. The molecule has 11 rings (SSSR count). The first-order valence-electron chi connectivity index (χ1n) is 21.0. The van der Waals surface area contributed by atoms with Crippen molar-refractivity contribution in [2.24, 2.45) is 0 Å². The van der Waals surface area contributed by atoms with Crippen LogP contribution in [0, 0.1) is 0 Å². The summed E-state index contributed by atoms with van der Waals surface area (Å²) in [4.78, 5) is 2.37. The number of benzene rings is 11. The predicted octanol–water partition coefficient (Wildman–Crippen LogP) is 17.0. The highest BCUT2D eigenvalue weighted by atomic mass is 15.1. The maximum atomic E-state index is 2.42. The molecule has 0 spiro atoms. The highest BCUT2D eigenvalue weighted by molar-refractivity contribution is 6.14. The third-order valence-corrected chi connectivity index (χ3v) is 12.0. The van der Waals surface area contributed by atoms with Gasteiger partial charge >= 0.3 is 0 Å². The molecule has 1 nitrogen and oxygen atoms in total. The van der Waals surface area contributed by atoms with Crippen LogP contribution >= 0.6 is 0 Å². The van der Waals surface area contributed by atoms with Crippen molar-refractivity contribution in [1.29, 1.82) is 0 Å². The van der Waals surface area contributed by atoms with Crippen molar-refractivity contribution in [2.45, 2.75) is 0 Å². The van der Waals surface area contributed by atoms with E-state index in [1.54, 1.807) is 0 Å². The molecular weight excluding hydrogens is 735 g/mol. The number of nitrogens with zero attached hydrogens (tertiary/aromatic N) is 1. The van der Waals surface area contributed by atoms with E-state index in [-0.39, 0.29) is 0 Å². The van der Waals surface area contributed by atoms with E-state index < -0.39 is 0 Å². The minimum Gasteiger partial charge on any atom is -0.310 e. The van der Waals surface area contributed by atoms with E-state index in [1.807, 2.05) is 0 Å². The molecule has 0 atom stereocenters. The summed E-state index contributed by atoms with van der Waals surface area (Å²) in [6, 6.07) is 90.5. The van der Waals surface area contributed by atoms with E-state index >= 15 is 0 Å². The summed E-state index contributed by atoms with van der Waals surface area (Å²) in [6.45, 7) is 0. The van der Waals surface area contributed by atoms with Crippen molar-refractivity contribution in [1.82, 2.24) is 0 Å². The second-order valence-electron chi connectivity index (χ2n) is 15.7. The van der Waals surface area contributed by atoms with Gasteiger partial charge in [-0.1, -0.05) is 194 Å². The second-order valence-corrected chi connectivity index (χ2v) is 15.7. The highest BCUT2D eigenvalue weighted by Crippen LogP contribution is 2.47. The monoisotopic (exact) mass is 775 g/mol. The van der Waals surface area contributed by atoms with Crippen molar-refractivity contribution in [3.05, 3.63) is 249 Å². The Morgan fingerprint density at radius 1 is 0.213 bits per heavy atom. The molecule has 0 bridgehead atoms. The predicted molar refractivity (Wildman–Crippen MR) is 261 cm³/mol. The molecule has 0 radical (unpaired) electrons. The number of fused-ring (bicyclic) bond motifs is 4. The first-order chi connectivity index (χ1) is 30.3. The smallest absolute Gasteiger partial charge is 0.0467 e. The fraction of sp³-hybridized carbons (Fsp3) is 0. The lowest BCUT2D eigenvalue weighted by Gasteiger charge is -2.27. The lowest BCUT2D eigenvalue weighted by atomic mass is 9.83. The average molecular weight is 776 g/mol. The minimum atomic E-state index is 1.09. The van der Waals surface area contributed by atoms with Gasteiger partial charge in [0.1, 0.15) is 0 Å². The van der Waals surface area contributed by atoms with Crippen LogP contribution in [0.1, 0.15) is 0 Å². The molecule has 0 aromatic heterocycles. The van der Waals surface area contributed by atoms with Crippen LogP contribution < -0.4 is 4.90 Å². The summed E-state index contributed by atoms with van der Waals surface area (Å²) in [5, 5.41) is 7.53. The third-order valence-electron chi connectivity index (χ3n) is 12.0. The maximum absolute atomic E-state index is 2.42. The van der Waals surface area contributed by atoms with Gasteiger partial charge < -0.3 is 4.90 Å². The average Bonchev–Trinajstić information content (AvgIpc) is 3.34. The standard InChI is InChI=1S/C60H41N/c1-4-18-43(19-5-1)58-40-48(57-39-46-23-11-13-30-54(46)55-31-14-15-32-56(55)57)41-59(44-20-6-2-7-21-44)60(58)47-25-16-28-51(38-47)61(49-26-8-3-9-27-49)50-36-34-45(35-37-50)53-33-17-24-42-22-10-12-29-52(42)53/h1-41H. The van der Waals surface area contributed by atoms with Crippen molar-refractivity contribution >= 4 is 49.4 Å². The number of hydrogen-bond acceptors (Lipinski definition) is 1. The maximum Gasteiger partial charge on any atom is 0.0467 e. The van der Waals surface area contributed by atoms with Gasteiger partial charge in [-0.05, 0) is 143 Å². The molecular formula is C60H41N. The molecule has 0 aliphatic rings. The molecule has 1 heteroatoms. The molecule has 0 fully saturated rings. The molecule has 0 aliphatic carbocycles. The Bertz CT molecular complexity index is 3270. The van der Waals surface area contributed by atoms with E-state index in [2.05, 4.69) is 254 Å². The molecule has 0 amide bonds. The first kappa shape index (κ1) is 36.1. The van der Waals surface area contributed by atoms with Gasteiger partial charge in [-0.2, -0.15) is 0 Å². The number of hydrogen-bond donors (Lipinski definition) is 0. The number of anilines is 3. The number of para-hydroxylation sites is 1. The van der Waals surface area contributed by atoms with Gasteiger partial charge in [0.05, 0.1) is 0 Å². The first-order valence-corrected chi connectivity index (χ1v) is 21.0. The summed E-state index contributed by atoms with van der Waals surface area (Å²) in [5.74, 6) is 0. The van der Waals surface area contributed by atoms with Crippen molar-refractivity contribution in [3.8, 4) is 55.6 Å². The molecule has 0 heterocycles.